The molecule has 2 N–H and O–H groups in total. The Morgan fingerprint density at radius 1 is 1.26 bits per heavy atom. The quantitative estimate of drug-likeness (QED) is 0.903. The predicted octanol–water partition coefficient (Wildman–Crippen LogP) is 3.99. The van der Waals surface area contributed by atoms with E-state index in [-0.39, 0.29) is 6.04 Å². The van der Waals surface area contributed by atoms with Crippen LogP contribution in [0.3, 0.4) is 0 Å². The van der Waals surface area contributed by atoms with Gasteiger partial charge >= 0.3 is 0 Å². The third kappa shape index (κ3) is 4.48. The molecule has 19 heavy (non-hydrogen) atoms. The summed E-state index contributed by atoms with van der Waals surface area (Å²) in [6.07, 6.45) is 6.44. The molecule has 1 aliphatic rings. The van der Waals surface area contributed by atoms with Gasteiger partial charge < -0.3 is 10.6 Å². The maximum atomic E-state index is 6.28. The Morgan fingerprint density at radius 2 is 2.00 bits per heavy atom. The molecule has 1 aromatic rings. The van der Waals surface area contributed by atoms with Gasteiger partial charge in [-0.25, -0.2) is 0 Å². The summed E-state index contributed by atoms with van der Waals surface area (Å²) in [6.45, 7) is 4.68. The number of benzene rings is 1. The fourth-order valence-corrected chi connectivity index (χ4v) is 2.97. The van der Waals surface area contributed by atoms with Crippen molar-refractivity contribution in [3.05, 3.63) is 34.9 Å². The smallest absolute Gasteiger partial charge is 0.0406 e. The molecular weight excluding hydrogens is 256 g/mol. The summed E-state index contributed by atoms with van der Waals surface area (Å²) < 4.78 is 0. The van der Waals surface area contributed by atoms with E-state index in [1.165, 1.54) is 37.8 Å². The first-order valence-corrected chi connectivity index (χ1v) is 7.79. The van der Waals surface area contributed by atoms with Gasteiger partial charge in [-0.2, -0.15) is 0 Å². The van der Waals surface area contributed by atoms with E-state index in [0.29, 0.717) is 6.04 Å². The molecule has 1 saturated heterocycles. The molecule has 106 valence electrons. The van der Waals surface area contributed by atoms with Gasteiger partial charge in [0.05, 0.1) is 0 Å². The summed E-state index contributed by atoms with van der Waals surface area (Å²) in [5.41, 5.74) is 7.46. The van der Waals surface area contributed by atoms with Crippen LogP contribution in [-0.2, 0) is 0 Å². The van der Waals surface area contributed by atoms with Crippen molar-refractivity contribution >= 4 is 11.6 Å². The van der Waals surface area contributed by atoms with Gasteiger partial charge in [-0.3, -0.25) is 0 Å². The van der Waals surface area contributed by atoms with Crippen LogP contribution in [-0.4, -0.2) is 24.0 Å². The summed E-state index contributed by atoms with van der Waals surface area (Å²) >= 11 is 5.90. The predicted molar refractivity (Wildman–Crippen MR) is 82.5 cm³/mol. The molecule has 0 saturated carbocycles. The van der Waals surface area contributed by atoms with Crippen LogP contribution < -0.4 is 5.73 Å². The molecule has 2 rings (SSSR count). The van der Waals surface area contributed by atoms with Crippen LogP contribution in [0.4, 0.5) is 0 Å². The highest BCUT2D eigenvalue weighted by molar-refractivity contribution is 6.30. The maximum absolute atomic E-state index is 6.28. The largest absolute Gasteiger partial charge is 0.324 e. The second kappa shape index (κ2) is 7.28. The van der Waals surface area contributed by atoms with Gasteiger partial charge in [0.25, 0.3) is 0 Å². The Labute approximate surface area is 121 Å². The lowest BCUT2D eigenvalue weighted by molar-refractivity contribution is 0.206. The minimum atomic E-state index is 0.118. The van der Waals surface area contributed by atoms with E-state index in [4.69, 9.17) is 17.3 Å². The van der Waals surface area contributed by atoms with E-state index in [9.17, 15) is 0 Å². The van der Waals surface area contributed by atoms with Crippen molar-refractivity contribution in [2.24, 2.45) is 5.73 Å². The minimum Gasteiger partial charge on any atom is -0.324 e. The molecule has 0 radical (unpaired) electrons. The first-order chi connectivity index (χ1) is 9.16. The zero-order chi connectivity index (χ0) is 13.7. The van der Waals surface area contributed by atoms with Crippen LogP contribution >= 0.6 is 11.6 Å². The van der Waals surface area contributed by atoms with Crippen molar-refractivity contribution in [1.29, 1.82) is 0 Å². The standard InChI is InChI=1S/C16H25ClN2/c1-13-5-3-2-4-11-19(13)12-10-16(18)14-6-8-15(17)9-7-14/h6-9,13,16H,2-5,10-12,18H2,1H3. The van der Waals surface area contributed by atoms with E-state index in [0.717, 1.165) is 18.0 Å². The van der Waals surface area contributed by atoms with Gasteiger partial charge in [0.15, 0.2) is 0 Å². The van der Waals surface area contributed by atoms with Crippen molar-refractivity contribution < 1.29 is 0 Å². The second-order valence-electron chi connectivity index (χ2n) is 5.68. The molecule has 2 unspecified atom stereocenters. The highest BCUT2D eigenvalue weighted by atomic mass is 35.5. The fraction of sp³-hybridized carbons (Fsp3) is 0.625. The summed E-state index contributed by atoms with van der Waals surface area (Å²) in [5.74, 6) is 0. The lowest BCUT2D eigenvalue weighted by atomic mass is 10.0. The molecule has 0 aromatic heterocycles. The van der Waals surface area contributed by atoms with Crippen molar-refractivity contribution in [3.63, 3.8) is 0 Å². The number of hydrogen-bond acceptors (Lipinski definition) is 2. The second-order valence-corrected chi connectivity index (χ2v) is 6.12. The van der Waals surface area contributed by atoms with E-state index >= 15 is 0 Å². The monoisotopic (exact) mass is 280 g/mol. The molecule has 1 aromatic carbocycles. The molecule has 0 spiro atoms. The molecule has 0 bridgehead atoms. The molecule has 0 aliphatic carbocycles. The van der Waals surface area contributed by atoms with Gasteiger partial charge in [0.1, 0.15) is 0 Å². The zero-order valence-electron chi connectivity index (χ0n) is 11.8. The Kier molecular flexibility index (Phi) is 5.68. The normalized spacial score (nSPS) is 23.0. The summed E-state index contributed by atoms with van der Waals surface area (Å²) in [7, 11) is 0. The molecule has 0 amide bonds. The minimum absolute atomic E-state index is 0.118. The zero-order valence-corrected chi connectivity index (χ0v) is 12.6. The molecule has 2 atom stereocenters. The van der Waals surface area contributed by atoms with Crippen molar-refractivity contribution in [3.8, 4) is 0 Å². The lowest BCUT2D eigenvalue weighted by Gasteiger charge is -2.28. The van der Waals surface area contributed by atoms with Crippen LogP contribution in [0, 0.1) is 0 Å². The highest BCUT2D eigenvalue weighted by Crippen LogP contribution is 2.20. The first kappa shape index (κ1) is 14.8. The molecule has 1 heterocycles. The number of hydrogen-bond donors (Lipinski definition) is 1. The van der Waals surface area contributed by atoms with Crippen LogP contribution in [0.1, 0.15) is 50.6 Å². The SMILES string of the molecule is CC1CCCCCN1CCC(N)c1ccc(Cl)cc1. The fourth-order valence-electron chi connectivity index (χ4n) is 2.85. The van der Waals surface area contributed by atoms with E-state index in [1.807, 2.05) is 24.3 Å². The summed E-state index contributed by atoms with van der Waals surface area (Å²) in [4.78, 5) is 2.60. The Bertz CT molecular complexity index is 377. The van der Waals surface area contributed by atoms with E-state index < -0.39 is 0 Å². The van der Waals surface area contributed by atoms with Crippen LogP contribution in [0.2, 0.25) is 5.02 Å². The van der Waals surface area contributed by atoms with Gasteiger partial charge in [-0.15, -0.1) is 0 Å². The van der Waals surface area contributed by atoms with Crippen LogP contribution in [0.25, 0.3) is 0 Å². The van der Waals surface area contributed by atoms with Crippen LogP contribution in [0.5, 0.6) is 0 Å². The number of rotatable bonds is 4. The average Bonchev–Trinajstić information content (AvgIpc) is 2.61. The Balaban J connectivity index is 1.85. The van der Waals surface area contributed by atoms with Gasteiger partial charge in [-0.1, -0.05) is 36.6 Å². The molecule has 1 fully saturated rings. The Hall–Kier alpha value is -0.570. The van der Waals surface area contributed by atoms with Gasteiger partial charge in [-0.05, 0) is 50.4 Å². The first-order valence-electron chi connectivity index (χ1n) is 7.42. The van der Waals surface area contributed by atoms with Crippen LogP contribution in [0.15, 0.2) is 24.3 Å². The maximum Gasteiger partial charge on any atom is 0.0406 e. The van der Waals surface area contributed by atoms with Gasteiger partial charge in [0.2, 0.25) is 0 Å². The topological polar surface area (TPSA) is 29.3 Å². The highest BCUT2D eigenvalue weighted by Gasteiger charge is 2.17. The number of likely N-dealkylation sites (tertiary alicyclic amines) is 1. The molecule has 1 aliphatic heterocycles. The van der Waals surface area contributed by atoms with E-state index in [2.05, 4.69) is 11.8 Å². The number of nitrogens with two attached hydrogens (primary N) is 1. The third-order valence-electron chi connectivity index (χ3n) is 4.22. The summed E-state index contributed by atoms with van der Waals surface area (Å²) in [6, 6.07) is 8.75. The average molecular weight is 281 g/mol. The number of halogens is 1. The molecular formula is C16H25ClN2. The third-order valence-corrected chi connectivity index (χ3v) is 4.47. The van der Waals surface area contributed by atoms with Crippen molar-refractivity contribution in [2.75, 3.05) is 13.1 Å². The number of nitrogens with zero attached hydrogens (tertiary/aromatic N) is 1. The molecule has 2 nitrogen and oxygen atoms in total. The van der Waals surface area contributed by atoms with Crippen molar-refractivity contribution in [1.82, 2.24) is 4.90 Å². The summed E-state index contributed by atoms with van der Waals surface area (Å²) in [5, 5.41) is 0.775. The molecule has 3 heteroatoms. The van der Waals surface area contributed by atoms with Crippen molar-refractivity contribution in [2.45, 2.75) is 51.1 Å². The van der Waals surface area contributed by atoms with E-state index in [1.54, 1.807) is 0 Å². The van der Waals surface area contributed by atoms with Gasteiger partial charge in [0, 0.05) is 23.7 Å². The lowest BCUT2D eigenvalue weighted by Crippen LogP contribution is -2.34. The Morgan fingerprint density at radius 3 is 2.74 bits per heavy atom.